The van der Waals surface area contributed by atoms with Gasteiger partial charge < -0.3 is 9.84 Å². The van der Waals surface area contributed by atoms with Crippen molar-refractivity contribution in [2.75, 3.05) is 6.61 Å². The number of alkyl halides is 3. The molecule has 19 heavy (non-hydrogen) atoms. The van der Waals surface area contributed by atoms with Gasteiger partial charge >= 0.3 is 6.18 Å². The van der Waals surface area contributed by atoms with Crippen molar-refractivity contribution in [1.29, 1.82) is 0 Å². The Balaban J connectivity index is 2.55. The Morgan fingerprint density at radius 2 is 1.53 bits per heavy atom. The summed E-state index contributed by atoms with van der Waals surface area (Å²) < 4.78 is 43.1. The van der Waals surface area contributed by atoms with Gasteiger partial charge in [0.1, 0.15) is 0 Å². The smallest absolute Gasteiger partial charge is 0.379 e. The predicted molar refractivity (Wildman–Crippen MR) is 67.8 cm³/mol. The van der Waals surface area contributed by atoms with E-state index in [2.05, 4.69) is 6.92 Å². The quantitative estimate of drug-likeness (QED) is 0.846. The number of ether oxygens (including phenoxy) is 1. The van der Waals surface area contributed by atoms with E-state index in [0.29, 0.717) is 5.92 Å². The van der Waals surface area contributed by atoms with Crippen molar-refractivity contribution in [2.45, 2.75) is 70.8 Å². The molecule has 5 heteroatoms. The van der Waals surface area contributed by atoms with Gasteiger partial charge in [0.2, 0.25) is 0 Å². The van der Waals surface area contributed by atoms with Crippen molar-refractivity contribution in [2.24, 2.45) is 11.8 Å². The first-order chi connectivity index (χ1) is 8.46. The molecule has 1 atom stereocenters. The van der Waals surface area contributed by atoms with E-state index in [4.69, 9.17) is 4.74 Å². The molecule has 0 spiro atoms. The van der Waals surface area contributed by atoms with Gasteiger partial charge in [-0.2, -0.15) is 13.2 Å². The summed E-state index contributed by atoms with van der Waals surface area (Å²) in [4.78, 5) is 0. The Morgan fingerprint density at radius 3 is 1.95 bits per heavy atom. The molecule has 0 radical (unpaired) electrons. The molecular formula is C14H25F3O2. The van der Waals surface area contributed by atoms with E-state index < -0.39 is 24.0 Å². The van der Waals surface area contributed by atoms with Crippen LogP contribution in [-0.2, 0) is 4.74 Å². The SMILES string of the molecule is CC1CCC(C(C)(C)OCC(C)(O)C(F)(F)F)CC1. The minimum atomic E-state index is -4.66. The molecule has 0 aromatic heterocycles. The summed E-state index contributed by atoms with van der Waals surface area (Å²) in [5.74, 6) is 0.943. The van der Waals surface area contributed by atoms with E-state index in [-0.39, 0.29) is 5.92 Å². The average Bonchev–Trinajstić information content (AvgIpc) is 2.26. The van der Waals surface area contributed by atoms with E-state index in [0.717, 1.165) is 32.6 Å². The van der Waals surface area contributed by atoms with Gasteiger partial charge in [-0.1, -0.05) is 19.8 Å². The van der Waals surface area contributed by atoms with Crippen molar-refractivity contribution in [3.8, 4) is 0 Å². The predicted octanol–water partition coefficient (Wildman–Crippen LogP) is 3.92. The number of rotatable bonds is 4. The molecule has 114 valence electrons. The van der Waals surface area contributed by atoms with Gasteiger partial charge in [0.15, 0.2) is 5.60 Å². The van der Waals surface area contributed by atoms with Crippen LogP contribution in [0, 0.1) is 11.8 Å². The van der Waals surface area contributed by atoms with E-state index in [1.54, 1.807) is 0 Å². The lowest BCUT2D eigenvalue weighted by atomic mass is 9.75. The summed E-state index contributed by atoms with van der Waals surface area (Å²) in [6, 6.07) is 0. The first-order valence-electron chi connectivity index (χ1n) is 6.89. The van der Waals surface area contributed by atoms with Gasteiger partial charge in [-0.15, -0.1) is 0 Å². The molecular weight excluding hydrogens is 257 g/mol. The van der Waals surface area contributed by atoms with Crippen LogP contribution in [0.25, 0.3) is 0 Å². The largest absolute Gasteiger partial charge is 0.419 e. The van der Waals surface area contributed by atoms with Crippen LogP contribution in [0.2, 0.25) is 0 Å². The standard InChI is InChI=1S/C14H25F3O2/c1-10-5-7-11(8-6-10)12(2,3)19-9-13(4,18)14(15,16)17/h10-11,18H,5-9H2,1-4H3. The summed E-state index contributed by atoms with van der Waals surface area (Å²) in [5.41, 5.74) is -3.42. The van der Waals surface area contributed by atoms with Crippen LogP contribution in [-0.4, -0.2) is 29.1 Å². The van der Waals surface area contributed by atoms with Crippen LogP contribution in [0.3, 0.4) is 0 Å². The highest BCUT2D eigenvalue weighted by molar-refractivity contribution is 4.87. The van der Waals surface area contributed by atoms with E-state index in [9.17, 15) is 18.3 Å². The van der Waals surface area contributed by atoms with E-state index in [1.165, 1.54) is 0 Å². The van der Waals surface area contributed by atoms with Crippen LogP contribution in [0.15, 0.2) is 0 Å². The Bertz CT molecular complexity index is 290. The molecule has 1 rings (SSSR count). The molecule has 1 fully saturated rings. The number of aliphatic hydroxyl groups is 1. The lowest BCUT2D eigenvalue weighted by Crippen LogP contribution is -2.49. The molecule has 2 nitrogen and oxygen atoms in total. The maximum absolute atomic E-state index is 12.6. The highest BCUT2D eigenvalue weighted by Crippen LogP contribution is 2.38. The monoisotopic (exact) mass is 282 g/mol. The number of hydrogen-bond donors (Lipinski definition) is 1. The molecule has 0 aliphatic heterocycles. The van der Waals surface area contributed by atoms with Crippen LogP contribution < -0.4 is 0 Å². The minimum Gasteiger partial charge on any atom is -0.379 e. The summed E-state index contributed by atoms with van der Waals surface area (Å²) in [7, 11) is 0. The zero-order chi connectivity index (χ0) is 14.9. The zero-order valence-corrected chi connectivity index (χ0v) is 12.2. The first kappa shape index (κ1) is 16.8. The normalized spacial score (nSPS) is 29.1. The molecule has 1 unspecified atom stereocenters. The molecule has 0 heterocycles. The Kier molecular flexibility index (Phi) is 4.94. The van der Waals surface area contributed by atoms with Gasteiger partial charge in [-0.3, -0.25) is 0 Å². The van der Waals surface area contributed by atoms with Crippen molar-refractivity contribution in [3.05, 3.63) is 0 Å². The van der Waals surface area contributed by atoms with Gasteiger partial charge in [0.25, 0.3) is 0 Å². The fraction of sp³-hybridized carbons (Fsp3) is 1.00. The van der Waals surface area contributed by atoms with Gasteiger partial charge in [-0.05, 0) is 45.4 Å². The molecule has 0 bridgehead atoms. The molecule has 0 aromatic rings. The lowest BCUT2D eigenvalue weighted by Gasteiger charge is -2.40. The van der Waals surface area contributed by atoms with Crippen molar-refractivity contribution >= 4 is 0 Å². The number of halogens is 3. The molecule has 0 aromatic carbocycles. The van der Waals surface area contributed by atoms with Crippen molar-refractivity contribution in [3.63, 3.8) is 0 Å². The molecule has 1 saturated carbocycles. The van der Waals surface area contributed by atoms with Crippen molar-refractivity contribution < 1.29 is 23.0 Å². The first-order valence-corrected chi connectivity index (χ1v) is 6.89. The lowest BCUT2D eigenvalue weighted by molar-refractivity contribution is -0.278. The van der Waals surface area contributed by atoms with Crippen LogP contribution in [0.5, 0.6) is 0 Å². The fourth-order valence-electron chi connectivity index (χ4n) is 2.48. The Morgan fingerprint density at radius 1 is 1.05 bits per heavy atom. The van der Waals surface area contributed by atoms with Crippen LogP contribution in [0.1, 0.15) is 53.4 Å². The third-order valence-corrected chi connectivity index (χ3v) is 4.33. The maximum atomic E-state index is 12.6. The molecule has 0 amide bonds. The minimum absolute atomic E-state index is 0.257. The molecule has 1 aliphatic carbocycles. The maximum Gasteiger partial charge on any atom is 0.419 e. The fourth-order valence-corrected chi connectivity index (χ4v) is 2.48. The summed E-state index contributed by atoms with van der Waals surface area (Å²) in [5, 5.41) is 9.40. The molecule has 1 N–H and O–H groups in total. The van der Waals surface area contributed by atoms with E-state index >= 15 is 0 Å². The van der Waals surface area contributed by atoms with Crippen LogP contribution >= 0.6 is 0 Å². The Labute approximate surface area is 113 Å². The second-order valence-electron chi connectivity index (χ2n) is 6.62. The van der Waals surface area contributed by atoms with E-state index in [1.807, 2.05) is 13.8 Å². The number of hydrogen-bond acceptors (Lipinski definition) is 2. The summed E-state index contributed by atoms with van der Waals surface area (Å²) in [6.07, 6.45) is -0.533. The van der Waals surface area contributed by atoms with Crippen LogP contribution in [0.4, 0.5) is 13.2 Å². The second kappa shape index (κ2) is 5.60. The third-order valence-electron chi connectivity index (χ3n) is 4.33. The van der Waals surface area contributed by atoms with Gasteiger partial charge in [0.05, 0.1) is 12.2 Å². The zero-order valence-electron chi connectivity index (χ0n) is 12.2. The molecule has 0 saturated heterocycles. The highest BCUT2D eigenvalue weighted by Gasteiger charge is 2.51. The third kappa shape index (κ3) is 4.35. The average molecular weight is 282 g/mol. The second-order valence-corrected chi connectivity index (χ2v) is 6.62. The van der Waals surface area contributed by atoms with Gasteiger partial charge in [-0.25, -0.2) is 0 Å². The van der Waals surface area contributed by atoms with Gasteiger partial charge in [0, 0.05) is 0 Å². The molecule has 1 aliphatic rings. The topological polar surface area (TPSA) is 29.5 Å². The summed E-state index contributed by atoms with van der Waals surface area (Å²) in [6.45, 7) is 5.88. The summed E-state index contributed by atoms with van der Waals surface area (Å²) >= 11 is 0. The highest BCUT2D eigenvalue weighted by atomic mass is 19.4. The van der Waals surface area contributed by atoms with Crippen molar-refractivity contribution in [1.82, 2.24) is 0 Å². The Hall–Kier alpha value is -0.290.